The van der Waals surface area contributed by atoms with Crippen molar-refractivity contribution in [2.24, 2.45) is 5.73 Å². The maximum Gasteiger partial charge on any atom is 0.241 e. The van der Waals surface area contributed by atoms with Crippen LogP contribution in [0.5, 0.6) is 0 Å². The highest BCUT2D eigenvalue weighted by Crippen LogP contribution is 2.16. The first-order chi connectivity index (χ1) is 8.08. The van der Waals surface area contributed by atoms with Crippen LogP contribution >= 0.6 is 0 Å². The molecule has 4 nitrogen and oxygen atoms in total. The molecule has 0 saturated heterocycles. The van der Waals surface area contributed by atoms with E-state index in [1.807, 2.05) is 19.9 Å². The minimum atomic E-state index is -0.495. The van der Waals surface area contributed by atoms with Gasteiger partial charge in [0.25, 0.3) is 0 Å². The van der Waals surface area contributed by atoms with Gasteiger partial charge in [-0.25, -0.2) is 0 Å². The third-order valence-corrected chi connectivity index (χ3v) is 2.56. The summed E-state index contributed by atoms with van der Waals surface area (Å²) < 4.78 is 0. The third-order valence-electron chi connectivity index (χ3n) is 2.56. The van der Waals surface area contributed by atoms with Crippen LogP contribution in [0.3, 0.4) is 0 Å². The van der Waals surface area contributed by atoms with E-state index in [0.717, 1.165) is 12.0 Å². The lowest BCUT2D eigenvalue weighted by atomic mass is 10.1. The summed E-state index contributed by atoms with van der Waals surface area (Å²) in [5.74, 6) is -0.204. The van der Waals surface area contributed by atoms with E-state index >= 15 is 0 Å². The zero-order valence-electron chi connectivity index (χ0n) is 10.2. The monoisotopic (exact) mass is 231 g/mol. The highest BCUT2D eigenvalue weighted by atomic mass is 16.2. The van der Waals surface area contributed by atoms with Crippen molar-refractivity contribution in [2.75, 3.05) is 5.32 Å². The summed E-state index contributed by atoms with van der Waals surface area (Å²) >= 11 is 0. The van der Waals surface area contributed by atoms with E-state index in [4.69, 9.17) is 11.0 Å². The number of nitrogens with zero attached hydrogens (tertiary/aromatic N) is 1. The molecule has 0 bridgehead atoms. The molecule has 0 aromatic heterocycles. The number of nitrogens with one attached hydrogen (secondary N) is 1. The molecular formula is C13H17N3O. The number of nitriles is 1. The van der Waals surface area contributed by atoms with Gasteiger partial charge >= 0.3 is 0 Å². The Morgan fingerprint density at radius 3 is 2.88 bits per heavy atom. The second-order valence-electron chi connectivity index (χ2n) is 4.03. The van der Waals surface area contributed by atoms with E-state index < -0.39 is 6.04 Å². The molecular weight excluding hydrogens is 214 g/mol. The molecule has 3 N–H and O–H groups in total. The molecule has 1 aromatic rings. The SMILES string of the molecule is CCCC(N)C(=O)Nc1cc(C#N)ccc1C. The van der Waals surface area contributed by atoms with E-state index in [1.165, 1.54) is 0 Å². The van der Waals surface area contributed by atoms with Crippen molar-refractivity contribution in [3.8, 4) is 6.07 Å². The van der Waals surface area contributed by atoms with E-state index in [2.05, 4.69) is 5.32 Å². The Bertz CT molecular complexity index is 448. The molecule has 1 amide bonds. The molecule has 4 heteroatoms. The van der Waals surface area contributed by atoms with Crippen LogP contribution in [0, 0.1) is 18.3 Å². The molecule has 1 unspecified atom stereocenters. The predicted octanol–water partition coefficient (Wildman–Crippen LogP) is 1.93. The van der Waals surface area contributed by atoms with Crippen LogP contribution in [0.4, 0.5) is 5.69 Å². The number of aryl methyl sites for hydroxylation is 1. The highest BCUT2D eigenvalue weighted by Gasteiger charge is 2.13. The van der Waals surface area contributed by atoms with Gasteiger partial charge in [0.1, 0.15) is 0 Å². The lowest BCUT2D eigenvalue weighted by Crippen LogP contribution is -2.35. The molecule has 0 heterocycles. The summed E-state index contributed by atoms with van der Waals surface area (Å²) in [7, 11) is 0. The molecule has 1 atom stereocenters. The van der Waals surface area contributed by atoms with Gasteiger partial charge in [0.05, 0.1) is 17.7 Å². The Labute approximate surface area is 101 Å². The Hall–Kier alpha value is -1.86. The van der Waals surface area contributed by atoms with Crippen molar-refractivity contribution in [1.82, 2.24) is 0 Å². The zero-order valence-corrected chi connectivity index (χ0v) is 10.2. The minimum absolute atomic E-state index is 0.204. The van der Waals surface area contributed by atoms with Crippen molar-refractivity contribution in [1.29, 1.82) is 5.26 Å². The van der Waals surface area contributed by atoms with Crippen LogP contribution in [0.1, 0.15) is 30.9 Å². The van der Waals surface area contributed by atoms with Gasteiger partial charge in [-0.3, -0.25) is 4.79 Å². The lowest BCUT2D eigenvalue weighted by molar-refractivity contribution is -0.117. The highest BCUT2D eigenvalue weighted by molar-refractivity contribution is 5.95. The molecule has 0 radical (unpaired) electrons. The van der Waals surface area contributed by atoms with E-state index in [9.17, 15) is 4.79 Å². The summed E-state index contributed by atoms with van der Waals surface area (Å²) in [6.07, 6.45) is 1.52. The van der Waals surface area contributed by atoms with Crippen molar-refractivity contribution in [2.45, 2.75) is 32.7 Å². The summed E-state index contributed by atoms with van der Waals surface area (Å²) in [5, 5.41) is 11.5. The van der Waals surface area contributed by atoms with Crippen LogP contribution in [0.2, 0.25) is 0 Å². The zero-order chi connectivity index (χ0) is 12.8. The van der Waals surface area contributed by atoms with Gasteiger partial charge in [-0.2, -0.15) is 5.26 Å². The summed E-state index contributed by atoms with van der Waals surface area (Å²) in [6, 6.07) is 6.73. The van der Waals surface area contributed by atoms with Crippen molar-refractivity contribution in [3.63, 3.8) is 0 Å². The first-order valence-electron chi connectivity index (χ1n) is 5.65. The average Bonchev–Trinajstić information content (AvgIpc) is 2.32. The third kappa shape index (κ3) is 3.58. The first-order valence-corrected chi connectivity index (χ1v) is 5.65. The molecule has 0 spiro atoms. The van der Waals surface area contributed by atoms with Gasteiger partial charge in [-0.15, -0.1) is 0 Å². The molecule has 0 fully saturated rings. The molecule has 17 heavy (non-hydrogen) atoms. The Kier molecular flexibility index (Phi) is 4.68. The quantitative estimate of drug-likeness (QED) is 0.831. The second-order valence-corrected chi connectivity index (χ2v) is 4.03. The summed E-state index contributed by atoms with van der Waals surface area (Å²) in [5.41, 5.74) is 7.81. The number of carbonyl (C=O) groups is 1. The number of carbonyl (C=O) groups excluding carboxylic acids is 1. The number of benzene rings is 1. The smallest absolute Gasteiger partial charge is 0.241 e. The fourth-order valence-electron chi connectivity index (χ4n) is 1.49. The fraction of sp³-hybridized carbons (Fsp3) is 0.385. The van der Waals surface area contributed by atoms with Gasteiger partial charge in [-0.05, 0) is 31.0 Å². The van der Waals surface area contributed by atoms with Crippen LogP contribution in [-0.2, 0) is 4.79 Å². The van der Waals surface area contributed by atoms with Gasteiger partial charge in [0, 0.05) is 5.69 Å². The van der Waals surface area contributed by atoms with Gasteiger partial charge in [0.2, 0.25) is 5.91 Å². The van der Waals surface area contributed by atoms with Crippen molar-refractivity contribution in [3.05, 3.63) is 29.3 Å². The molecule has 0 aliphatic heterocycles. The van der Waals surface area contributed by atoms with E-state index in [0.29, 0.717) is 17.7 Å². The number of rotatable bonds is 4. The normalized spacial score (nSPS) is 11.6. The number of anilines is 1. The standard InChI is InChI=1S/C13H17N3O/c1-3-4-11(15)13(17)16-12-7-10(8-14)6-5-9(12)2/h5-7,11H,3-4,15H2,1-2H3,(H,16,17). The number of hydrogen-bond donors (Lipinski definition) is 2. The van der Waals surface area contributed by atoms with Crippen LogP contribution in [0.25, 0.3) is 0 Å². The number of nitrogens with two attached hydrogens (primary N) is 1. The molecule has 0 saturated carbocycles. The molecule has 1 rings (SSSR count). The van der Waals surface area contributed by atoms with Gasteiger partial charge in [-0.1, -0.05) is 19.4 Å². The minimum Gasteiger partial charge on any atom is -0.324 e. The topological polar surface area (TPSA) is 78.9 Å². The second kappa shape index (κ2) is 6.02. The van der Waals surface area contributed by atoms with Crippen LogP contribution < -0.4 is 11.1 Å². The van der Waals surface area contributed by atoms with Crippen LogP contribution in [0.15, 0.2) is 18.2 Å². The van der Waals surface area contributed by atoms with Crippen molar-refractivity contribution >= 4 is 11.6 Å². The van der Waals surface area contributed by atoms with Gasteiger partial charge in [0.15, 0.2) is 0 Å². The average molecular weight is 231 g/mol. The van der Waals surface area contributed by atoms with Crippen LogP contribution in [-0.4, -0.2) is 11.9 Å². The Morgan fingerprint density at radius 1 is 1.59 bits per heavy atom. The number of hydrogen-bond acceptors (Lipinski definition) is 3. The number of amides is 1. The lowest BCUT2D eigenvalue weighted by Gasteiger charge is -2.13. The molecule has 1 aromatic carbocycles. The predicted molar refractivity (Wildman–Crippen MR) is 67.4 cm³/mol. The fourth-order valence-corrected chi connectivity index (χ4v) is 1.49. The maximum atomic E-state index is 11.7. The molecule has 90 valence electrons. The van der Waals surface area contributed by atoms with Crippen molar-refractivity contribution < 1.29 is 4.79 Å². The summed E-state index contributed by atoms with van der Waals surface area (Å²) in [6.45, 7) is 3.86. The van der Waals surface area contributed by atoms with E-state index in [-0.39, 0.29) is 5.91 Å². The van der Waals surface area contributed by atoms with E-state index in [1.54, 1.807) is 18.2 Å². The summed E-state index contributed by atoms with van der Waals surface area (Å²) in [4.78, 5) is 11.7. The van der Waals surface area contributed by atoms with Gasteiger partial charge < -0.3 is 11.1 Å². The Morgan fingerprint density at radius 2 is 2.29 bits per heavy atom. The molecule has 0 aliphatic rings. The largest absolute Gasteiger partial charge is 0.324 e. The Balaban J connectivity index is 2.81. The first kappa shape index (κ1) is 13.2. The molecule has 0 aliphatic carbocycles. The maximum absolute atomic E-state index is 11.7.